The summed E-state index contributed by atoms with van der Waals surface area (Å²) >= 11 is 0. The van der Waals surface area contributed by atoms with Gasteiger partial charge in [0.2, 0.25) is 0 Å². The molecular formula is C11H18O. The summed E-state index contributed by atoms with van der Waals surface area (Å²) in [6, 6.07) is 0. The zero-order valence-electron chi connectivity index (χ0n) is 8.42. The number of carbonyl (C=O) groups excluding carboxylic acids is 1. The molecule has 0 rings (SSSR count). The van der Waals surface area contributed by atoms with Gasteiger partial charge >= 0.3 is 0 Å². The molecule has 0 amide bonds. The fraction of sp³-hybridized carbons (Fsp3) is 0.545. The highest BCUT2D eigenvalue weighted by atomic mass is 16.1. The number of rotatable bonds is 4. The van der Waals surface area contributed by atoms with E-state index in [1.807, 2.05) is 6.92 Å². The number of carbonyl (C=O) groups is 1. The van der Waals surface area contributed by atoms with Crippen molar-refractivity contribution in [3.63, 3.8) is 0 Å². The van der Waals surface area contributed by atoms with E-state index < -0.39 is 0 Å². The van der Waals surface area contributed by atoms with Crippen molar-refractivity contribution in [3.8, 4) is 0 Å². The Morgan fingerprint density at radius 2 is 1.92 bits per heavy atom. The van der Waals surface area contributed by atoms with E-state index in [0.29, 0.717) is 5.92 Å². The molecule has 68 valence electrons. The number of aldehydes is 1. The van der Waals surface area contributed by atoms with Gasteiger partial charge in [-0.2, -0.15) is 0 Å². The first-order valence-electron chi connectivity index (χ1n) is 4.32. The van der Waals surface area contributed by atoms with Gasteiger partial charge in [-0.05, 0) is 39.2 Å². The van der Waals surface area contributed by atoms with Crippen LogP contribution in [-0.4, -0.2) is 6.29 Å². The van der Waals surface area contributed by atoms with E-state index >= 15 is 0 Å². The lowest BCUT2D eigenvalue weighted by Gasteiger charge is -2.06. The van der Waals surface area contributed by atoms with Crippen molar-refractivity contribution in [2.24, 2.45) is 5.92 Å². The Kier molecular flexibility index (Phi) is 5.35. The molecular weight excluding hydrogens is 148 g/mol. The van der Waals surface area contributed by atoms with E-state index in [0.717, 1.165) is 18.3 Å². The second kappa shape index (κ2) is 5.76. The zero-order valence-corrected chi connectivity index (χ0v) is 8.42. The third kappa shape index (κ3) is 5.90. The van der Waals surface area contributed by atoms with Gasteiger partial charge in [-0.15, -0.1) is 0 Å². The molecule has 0 bridgehead atoms. The molecule has 0 aliphatic heterocycles. The molecule has 1 nitrogen and oxygen atoms in total. The molecule has 0 aliphatic carbocycles. The Morgan fingerprint density at radius 1 is 1.33 bits per heavy atom. The molecule has 0 aromatic heterocycles. The minimum atomic E-state index is 0.534. The summed E-state index contributed by atoms with van der Waals surface area (Å²) in [5, 5.41) is 0. The molecule has 1 heteroatoms. The predicted molar refractivity (Wildman–Crippen MR) is 53.0 cm³/mol. The average Bonchev–Trinajstić information content (AvgIpc) is 1.84. The summed E-state index contributed by atoms with van der Waals surface area (Å²) in [6.45, 7) is 8.34. The minimum absolute atomic E-state index is 0.534. The average molecular weight is 166 g/mol. The van der Waals surface area contributed by atoms with Crippen molar-refractivity contribution in [1.82, 2.24) is 0 Å². The first-order chi connectivity index (χ1) is 5.56. The van der Waals surface area contributed by atoms with Gasteiger partial charge in [-0.1, -0.05) is 24.1 Å². The third-order valence-corrected chi connectivity index (χ3v) is 1.61. The van der Waals surface area contributed by atoms with Crippen LogP contribution in [0.5, 0.6) is 0 Å². The summed E-state index contributed by atoms with van der Waals surface area (Å²) < 4.78 is 0. The molecule has 0 aromatic rings. The van der Waals surface area contributed by atoms with Crippen molar-refractivity contribution in [1.29, 1.82) is 0 Å². The number of hydrogen-bond acceptors (Lipinski definition) is 1. The van der Waals surface area contributed by atoms with Gasteiger partial charge in [0.25, 0.3) is 0 Å². The smallest absolute Gasteiger partial charge is 0.142 e. The van der Waals surface area contributed by atoms with Crippen molar-refractivity contribution >= 4 is 6.29 Å². The molecule has 1 atom stereocenters. The van der Waals surface area contributed by atoms with Gasteiger partial charge in [0, 0.05) is 0 Å². The van der Waals surface area contributed by atoms with E-state index in [-0.39, 0.29) is 0 Å². The second-order valence-corrected chi connectivity index (χ2v) is 3.57. The topological polar surface area (TPSA) is 17.1 Å². The predicted octanol–water partition coefficient (Wildman–Crippen LogP) is 3.12. The molecule has 0 radical (unpaired) electrons. The SMILES string of the molecule is CC(C)=CC(C)C/C(C)=C/C=O. The molecule has 0 aromatic carbocycles. The van der Waals surface area contributed by atoms with Crippen LogP contribution in [0.2, 0.25) is 0 Å². The zero-order chi connectivity index (χ0) is 9.56. The van der Waals surface area contributed by atoms with Crippen molar-refractivity contribution in [3.05, 3.63) is 23.3 Å². The maximum Gasteiger partial charge on any atom is 0.142 e. The van der Waals surface area contributed by atoms with Crippen molar-refractivity contribution < 1.29 is 4.79 Å². The Labute approximate surface area is 75.2 Å². The van der Waals surface area contributed by atoms with Crippen LogP contribution in [0, 0.1) is 5.92 Å². The van der Waals surface area contributed by atoms with Crippen LogP contribution in [0.15, 0.2) is 23.3 Å². The van der Waals surface area contributed by atoms with Crippen molar-refractivity contribution in [2.75, 3.05) is 0 Å². The first-order valence-corrected chi connectivity index (χ1v) is 4.32. The van der Waals surface area contributed by atoms with E-state index in [2.05, 4.69) is 26.8 Å². The van der Waals surface area contributed by atoms with Crippen LogP contribution in [0.3, 0.4) is 0 Å². The summed E-state index contributed by atoms with van der Waals surface area (Å²) in [6.07, 6.45) is 5.69. The van der Waals surface area contributed by atoms with Gasteiger partial charge in [0.1, 0.15) is 6.29 Å². The fourth-order valence-corrected chi connectivity index (χ4v) is 1.32. The maximum atomic E-state index is 10.1. The molecule has 0 fully saturated rings. The maximum absolute atomic E-state index is 10.1. The fourth-order valence-electron chi connectivity index (χ4n) is 1.32. The molecule has 0 saturated carbocycles. The standard InChI is InChI=1S/C11H18O/c1-9(2)7-11(4)8-10(3)5-6-12/h5-7,11H,8H2,1-4H3/b10-5+. The summed E-state index contributed by atoms with van der Waals surface area (Å²) in [4.78, 5) is 10.1. The monoisotopic (exact) mass is 166 g/mol. The Hall–Kier alpha value is -0.850. The molecule has 0 saturated heterocycles. The highest BCUT2D eigenvalue weighted by Gasteiger charge is 1.98. The van der Waals surface area contributed by atoms with E-state index in [4.69, 9.17) is 0 Å². The summed E-state index contributed by atoms with van der Waals surface area (Å²) in [7, 11) is 0. The van der Waals surface area contributed by atoms with E-state index in [1.165, 1.54) is 5.57 Å². The molecule has 1 unspecified atom stereocenters. The highest BCUT2D eigenvalue weighted by Crippen LogP contribution is 2.13. The first kappa shape index (κ1) is 11.2. The molecule has 0 spiro atoms. The van der Waals surface area contributed by atoms with Crippen LogP contribution in [0.4, 0.5) is 0 Å². The quantitative estimate of drug-likeness (QED) is 0.356. The third-order valence-electron chi connectivity index (χ3n) is 1.61. The lowest BCUT2D eigenvalue weighted by Crippen LogP contribution is -1.91. The lowest BCUT2D eigenvalue weighted by atomic mass is 10.00. The van der Waals surface area contributed by atoms with Crippen LogP contribution >= 0.6 is 0 Å². The molecule has 0 aliphatic rings. The molecule has 0 heterocycles. The van der Waals surface area contributed by atoms with Crippen molar-refractivity contribution in [2.45, 2.75) is 34.1 Å². The second-order valence-electron chi connectivity index (χ2n) is 3.57. The lowest BCUT2D eigenvalue weighted by molar-refractivity contribution is -0.104. The van der Waals surface area contributed by atoms with Crippen LogP contribution in [0.25, 0.3) is 0 Å². The number of hydrogen-bond donors (Lipinski definition) is 0. The Balaban J connectivity index is 4.00. The summed E-state index contributed by atoms with van der Waals surface area (Å²) in [5.41, 5.74) is 2.48. The van der Waals surface area contributed by atoms with Crippen LogP contribution in [0.1, 0.15) is 34.1 Å². The van der Waals surface area contributed by atoms with E-state index in [1.54, 1.807) is 6.08 Å². The molecule has 12 heavy (non-hydrogen) atoms. The van der Waals surface area contributed by atoms with Crippen LogP contribution in [-0.2, 0) is 4.79 Å². The summed E-state index contributed by atoms with van der Waals surface area (Å²) in [5.74, 6) is 0.534. The van der Waals surface area contributed by atoms with Gasteiger partial charge in [0.15, 0.2) is 0 Å². The molecule has 0 N–H and O–H groups in total. The number of allylic oxidation sites excluding steroid dienone is 4. The van der Waals surface area contributed by atoms with Gasteiger partial charge in [-0.3, -0.25) is 4.79 Å². The Morgan fingerprint density at radius 3 is 2.33 bits per heavy atom. The largest absolute Gasteiger partial charge is 0.299 e. The normalized spacial score (nSPS) is 13.8. The Bertz CT molecular complexity index is 195. The highest BCUT2D eigenvalue weighted by molar-refractivity contribution is 5.65. The van der Waals surface area contributed by atoms with E-state index in [9.17, 15) is 4.79 Å². The van der Waals surface area contributed by atoms with Gasteiger partial charge in [0.05, 0.1) is 0 Å². The van der Waals surface area contributed by atoms with Gasteiger partial charge in [-0.25, -0.2) is 0 Å². The van der Waals surface area contributed by atoms with Crippen LogP contribution < -0.4 is 0 Å². The van der Waals surface area contributed by atoms with Gasteiger partial charge < -0.3 is 0 Å². The minimum Gasteiger partial charge on any atom is -0.299 e.